The van der Waals surface area contributed by atoms with Crippen molar-refractivity contribution in [2.24, 2.45) is 23.7 Å². The first-order valence-electron chi connectivity index (χ1n) is 34.4. The highest BCUT2D eigenvalue weighted by atomic mass is 16.6. The minimum absolute atomic E-state index is 0.0351. The summed E-state index contributed by atoms with van der Waals surface area (Å²) in [6, 6.07) is 39.3. The van der Waals surface area contributed by atoms with E-state index in [1.807, 2.05) is 67.5 Å². The van der Waals surface area contributed by atoms with Crippen LogP contribution in [0.2, 0.25) is 0 Å². The summed E-state index contributed by atoms with van der Waals surface area (Å²) < 4.78 is 38.1. The predicted octanol–water partition coefficient (Wildman–Crippen LogP) is 16.0. The van der Waals surface area contributed by atoms with E-state index in [2.05, 4.69) is 36.6 Å². The minimum Gasteiger partial charge on any atom is -0.493 e. The van der Waals surface area contributed by atoms with E-state index >= 15 is 4.79 Å². The number of anilines is 5. The second-order valence-corrected chi connectivity index (χ2v) is 26.8. The Morgan fingerprint density at radius 3 is 1.08 bits per heavy atom. The standard InChI is InChI=1S/C80H74N12O13/c1-43(2)39-102-66-35-58-76(93)87-53-24-12-18-47-64(30-31-81-70(47)53)100-32-10-9-11-33-101-65-34-62(86-75-52(65)23-17-29-63(75)92(98)99)80(97)91-57-28-16-22-51-69(105-42-46(7)8)38-61(85-74(51)57)79(96)90-56-27-15-21-50-68(104-41-45(5)6)37-60(84-73(50)56)78(95)89-55-26-14-20-49-67(103-40-44(3)4)36-59(83-72(49)55)77(94)88-54-25-13-19-48(66)71(54)82-58/h9-10,12-31,34-38,43-46H,11,32-33,39-42H2,1-8H3,(H,87,93)(H,88,94)(H,89,95)(H,90,96)(H,91,97). The number of carbonyl (C=O) groups is 5. The molecule has 5 amide bonds. The summed E-state index contributed by atoms with van der Waals surface area (Å²) in [7, 11) is 0. The van der Waals surface area contributed by atoms with Crippen molar-refractivity contribution in [3.05, 3.63) is 203 Å². The molecule has 12 aromatic rings. The number of nitro benzene ring substituents is 1. The van der Waals surface area contributed by atoms with Crippen LogP contribution in [0.5, 0.6) is 34.5 Å². The first kappa shape index (κ1) is 70.5. The van der Waals surface area contributed by atoms with Crippen molar-refractivity contribution in [2.45, 2.75) is 61.8 Å². The van der Waals surface area contributed by atoms with Gasteiger partial charge in [0.15, 0.2) is 5.52 Å². The van der Waals surface area contributed by atoms with Crippen molar-refractivity contribution in [3.63, 3.8) is 0 Å². The van der Waals surface area contributed by atoms with Gasteiger partial charge in [-0.2, -0.15) is 0 Å². The van der Waals surface area contributed by atoms with Crippen LogP contribution in [0.15, 0.2) is 164 Å². The van der Waals surface area contributed by atoms with Crippen LogP contribution in [-0.4, -0.2) is 104 Å². The van der Waals surface area contributed by atoms with Crippen LogP contribution in [-0.2, 0) is 0 Å². The summed E-state index contributed by atoms with van der Waals surface area (Å²) in [6.45, 7) is 17.1. The van der Waals surface area contributed by atoms with E-state index < -0.39 is 34.5 Å². The molecule has 13 rings (SSSR count). The Kier molecular flexibility index (Phi) is 20.6. The van der Waals surface area contributed by atoms with E-state index in [1.165, 1.54) is 36.4 Å². The highest BCUT2D eigenvalue weighted by Crippen LogP contribution is 2.39. The second-order valence-electron chi connectivity index (χ2n) is 26.8. The summed E-state index contributed by atoms with van der Waals surface area (Å²) in [6.07, 6.45) is 5.55. The zero-order chi connectivity index (χ0) is 73.6. The molecule has 0 aliphatic carbocycles. The first-order valence-corrected chi connectivity index (χ1v) is 34.4. The number of aromatic nitrogens is 6. The van der Waals surface area contributed by atoms with Gasteiger partial charge in [0.25, 0.3) is 35.2 Å². The van der Waals surface area contributed by atoms with Gasteiger partial charge in [0.2, 0.25) is 0 Å². The van der Waals surface area contributed by atoms with E-state index in [9.17, 15) is 29.3 Å². The van der Waals surface area contributed by atoms with Crippen LogP contribution in [0, 0.1) is 33.8 Å². The molecule has 0 atom stereocenters. The van der Waals surface area contributed by atoms with Crippen LogP contribution in [0.3, 0.4) is 0 Å². The maximum Gasteiger partial charge on any atom is 0.295 e. The summed E-state index contributed by atoms with van der Waals surface area (Å²) >= 11 is 0. The zero-order valence-electron chi connectivity index (χ0n) is 58.8. The number of nitrogens with zero attached hydrogens (tertiary/aromatic N) is 7. The lowest BCUT2D eigenvalue weighted by Gasteiger charge is -2.17. The van der Waals surface area contributed by atoms with Crippen LogP contribution >= 0.6 is 0 Å². The molecule has 532 valence electrons. The summed E-state index contributed by atoms with van der Waals surface area (Å²) in [5, 5.41) is 30.2. The molecule has 0 radical (unpaired) electrons. The number of benzene rings is 6. The zero-order valence-corrected chi connectivity index (χ0v) is 58.8. The Hall–Kier alpha value is -12.9. The first-order chi connectivity index (χ1) is 50.7. The van der Waals surface area contributed by atoms with E-state index in [1.54, 1.807) is 115 Å². The van der Waals surface area contributed by atoms with E-state index in [0.29, 0.717) is 73.8 Å². The average molecular weight is 1410 g/mol. The molecule has 14 bridgehead atoms. The topological polar surface area (TPSA) is 321 Å². The number of para-hydroxylation sites is 6. The third-order valence-electron chi connectivity index (χ3n) is 16.7. The van der Waals surface area contributed by atoms with Gasteiger partial charge in [-0.05, 0) is 103 Å². The van der Waals surface area contributed by atoms with Crippen molar-refractivity contribution in [2.75, 3.05) is 66.2 Å². The normalized spacial score (nSPS) is 13.4. The molecule has 6 aromatic heterocycles. The molecule has 6 aromatic carbocycles. The van der Waals surface area contributed by atoms with Gasteiger partial charge in [0, 0.05) is 74.9 Å². The van der Waals surface area contributed by atoms with Crippen LogP contribution in [0.1, 0.15) is 114 Å². The number of rotatable bonds is 13. The van der Waals surface area contributed by atoms with Gasteiger partial charge in [-0.15, -0.1) is 0 Å². The quantitative estimate of drug-likeness (QED) is 0.0407. The second kappa shape index (κ2) is 30.7. The molecule has 0 saturated carbocycles. The average Bonchev–Trinajstić information content (AvgIpc) is 0.784. The van der Waals surface area contributed by atoms with Crippen molar-refractivity contribution in [1.29, 1.82) is 0 Å². The molecule has 5 N–H and O–H groups in total. The number of hydrogen-bond donors (Lipinski definition) is 5. The fraction of sp³-hybridized carbons (Fsp3) is 0.237. The van der Waals surface area contributed by atoms with E-state index in [0.717, 1.165) is 0 Å². The molecular formula is C80H74N12O13. The van der Waals surface area contributed by atoms with Crippen molar-refractivity contribution in [3.8, 4) is 34.5 Å². The number of pyridine rings is 6. The largest absolute Gasteiger partial charge is 0.493 e. The molecule has 0 spiro atoms. The molecule has 0 saturated heterocycles. The molecule has 7 heterocycles. The molecule has 1 aliphatic rings. The maximum atomic E-state index is 15.0. The van der Waals surface area contributed by atoms with Crippen LogP contribution in [0.4, 0.5) is 34.1 Å². The smallest absolute Gasteiger partial charge is 0.295 e. The molecular weight excluding hydrogens is 1340 g/mol. The Bertz CT molecular complexity index is 5490. The fourth-order valence-corrected chi connectivity index (χ4v) is 11.7. The van der Waals surface area contributed by atoms with Gasteiger partial charge in [-0.25, -0.2) is 24.9 Å². The highest BCUT2D eigenvalue weighted by Gasteiger charge is 2.27. The van der Waals surface area contributed by atoms with Crippen molar-refractivity contribution in [1.82, 2.24) is 29.9 Å². The van der Waals surface area contributed by atoms with Crippen molar-refractivity contribution >= 4 is 129 Å². The number of non-ortho nitro benzene ring substituents is 1. The molecule has 1 aliphatic heterocycles. The number of nitro groups is 1. The Morgan fingerprint density at radius 2 is 0.714 bits per heavy atom. The van der Waals surface area contributed by atoms with Crippen LogP contribution < -0.4 is 55.0 Å². The SMILES string of the molecule is CC(C)COc1cc2nc3c(cccc13)NC(=O)c1cc(OCC(C)C)c3cccc(c3n1)NC(=O)c1cc(OCC(C)C)c3cccc(c3n1)NC(=O)c1cc(OCC(C)C)c3cccc(c3n1)NC(=O)c1cc(c3cccc([N+](=O)[O-])c3n1)OCCC=CCOc1ccnc3c(cccc13)NC2=O. The summed E-state index contributed by atoms with van der Waals surface area (Å²) in [5.74, 6) is -1.39. The lowest BCUT2D eigenvalue weighted by Crippen LogP contribution is -2.18. The van der Waals surface area contributed by atoms with Crippen LogP contribution in [0.25, 0.3) is 65.4 Å². The lowest BCUT2D eigenvalue weighted by molar-refractivity contribution is -0.383. The molecule has 25 nitrogen and oxygen atoms in total. The molecule has 105 heavy (non-hydrogen) atoms. The number of ether oxygens (including phenoxy) is 6. The van der Waals surface area contributed by atoms with Gasteiger partial charge < -0.3 is 55.0 Å². The molecule has 25 heteroatoms. The molecule has 0 unspecified atom stereocenters. The Morgan fingerprint density at radius 1 is 0.390 bits per heavy atom. The van der Waals surface area contributed by atoms with Gasteiger partial charge in [0.1, 0.15) is 69.6 Å². The number of nitrogens with one attached hydrogen (secondary N) is 5. The minimum atomic E-state index is -0.776. The Balaban J connectivity index is 0.927. The van der Waals surface area contributed by atoms with Gasteiger partial charge in [-0.1, -0.05) is 104 Å². The number of carbonyl (C=O) groups excluding carboxylic acids is 5. The monoisotopic (exact) mass is 1410 g/mol. The van der Waals surface area contributed by atoms with Gasteiger partial charge >= 0.3 is 0 Å². The maximum absolute atomic E-state index is 15.0. The summed E-state index contributed by atoms with van der Waals surface area (Å²) in [5.41, 5.74) is 1.26. The third kappa shape index (κ3) is 15.6. The predicted molar refractivity (Wildman–Crippen MR) is 403 cm³/mol. The molecule has 0 fully saturated rings. The van der Waals surface area contributed by atoms with E-state index in [4.69, 9.17) is 48.4 Å². The van der Waals surface area contributed by atoms with Crippen molar-refractivity contribution < 1.29 is 57.3 Å². The number of hydrogen-bond acceptors (Lipinski definition) is 19. The van der Waals surface area contributed by atoms with E-state index in [-0.39, 0.29) is 158 Å². The Labute approximate surface area is 602 Å². The van der Waals surface area contributed by atoms with Gasteiger partial charge in [-0.3, -0.25) is 39.1 Å². The third-order valence-corrected chi connectivity index (χ3v) is 16.7. The summed E-state index contributed by atoms with van der Waals surface area (Å²) in [4.78, 5) is 115. The number of fused-ring (bicyclic) bond motifs is 8. The van der Waals surface area contributed by atoms with Gasteiger partial charge in [0.05, 0.1) is 94.0 Å². The highest BCUT2D eigenvalue weighted by molar-refractivity contribution is 6.16. The number of amides is 5. The lowest BCUT2D eigenvalue weighted by atomic mass is 10.1. The fourth-order valence-electron chi connectivity index (χ4n) is 11.7.